The SMILES string of the molecule is Cc1cn(Cc2cccc(N3CCC(S(C)(=O)=O)CC3)c2)nc1C(=O)Nc1ccc(OC(F)(F)F)cc1. The number of halogens is 3. The lowest BCUT2D eigenvalue weighted by molar-refractivity contribution is -0.274. The first-order valence-electron chi connectivity index (χ1n) is 11.6. The maximum Gasteiger partial charge on any atom is 0.573 e. The lowest BCUT2D eigenvalue weighted by Gasteiger charge is -2.33. The zero-order chi connectivity index (χ0) is 26.8. The number of amides is 1. The number of aryl methyl sites for hydroxylation is 1. The van der Waals surface area contributed by atoms with Crippen LogP contribution in [0.25, 0.3) is 0 Å². The Morgan fingerprint density at radius 3 is 2.43 bits per heavy atom. The number of aromatic nitrogens is 2. The molecule has 1 aromatic heterocycles. The second-order valence-corrected chi connectivity index (χ2v) is 11.4. The van der Waals surface area contributed by atoms with Crippen LogP contribution in [0.2, 0.25) is 0 Å². The number of ether oxygens (including phenoxy) is 1. The van der Waals surface area contributed by atoms with E-state index in [1.807, 2.05) is 24.3 Å². The van der Waals surface area contributed by atoms with Crippen LogP contribution in [0, 0.1) is 6.92 Å². The van der Waals surface area contributed by atoms with Crippen molar-refractivity contribution in [1.82, 2.24) is 9.78 Å². The summed E-state index contributed by atoms with van der Waals surface area (Å²) < 4.78 is 66.1. The summed E-state index contributed by atoms with van der Waals surface area (Å²) in [5, 5.41) is 6.73. The summed E-state index contributed by atoms with van der Waals surface area (Å²) in [5.41, 5.74) is 3.13. The lowest BCUT2D eigenvalue weighted by atomic mass is 10.1. The number of anilines is 2. The summed E-state index contributed by atoms with van der Waals surface area (Å²) >= 11 is 0. The fraction of sp³-hybridized carbons (Fsp3) is 0.360. The van der Waals surface area contributed by atoms with Gasteiger partial charge in [-0.1, -0.05) is 12.1 Å². The third kappa shape index (κ3) is 7.03. The van der Waals surface area contributed by atoms with Crippen LogP contribution in [-0.2, 0) is 16.4 Å². The second kappa shape index (κ2) is 10.4. The molecule has 0 spiro atoms. The summed E-state index contributed by atoms with van der Waals surface area (Å²) in [5.74, 6) is -0.865. The van der Waals surface area contributed by atoms with Gasteiger partial charge in [0.25, 0.3) is 5.91 Å². The molecule has 4 rings (SSSR count). The van der Waals surface area contributed by atoms with Gasteiger partial charge in [-0.2, -0.15) is 5.10 Å². The number of sulfone groups is 1. The highest BCUT2D eigenvalue weighted by atomic mass is 32.2. The van der Waals surface area contributed by atoms with Crippen molar-refractivity contribution in [3.05, 3.63) is 71.5 Å². The van der Waals surface area contributed by atoms with Gasteiger partial charge in [-0.3, -0.25) is 9.48 Å². The van der Waals surface area contributed by atoms with Gasteiger partial charge in [0.15, 0.2) is 5.69 Å². The van der Waals surface area contributed by atoms with Gasteiger partial charge in [0.05, 0.1) is 11.8 Å². The number of carbonyl (C=O) groups excluding carboxylic acids is 1. The lowest BCUT2D eigenvalue weighted by Crippen LogP contribution is -2.39. The topological polar surface area (TPSA) is 93.5 Å². The molecule has 2 aromatic carbocycles. The molecule has 8 nitrogen and oxygen atoms in total. The molecular weight excluding hydrogens is 509 g/mol. The Morgan fingerprint density at radius 1 is 1.14 bits per heavy atom. The Balaban J connectivity index is 1.39. The number of rotatable bonds is 7. The largest absolute Gasteiger partial charge is 0.573 e. The smallest absolute Gasteiger partial charge is 0.406 e. The predicted molar refractivity (Wildman–Crippen MR) is 134 cm³/mol. The Morgan fingerprint density at radius 2 is 1.81 bits per heavy atom. The predicted octanol–water partition coefficient (Wildman–Crippen LogP) is 4.40. The molecule has 1 N–H and O–H groups in total. The first-order valence-corrected chi connectivity index (χ1v) is 13.6. The summed E-state index contributed by atoms with van der Waals surface area (Å²) in [4.78, 5) is 14.9. The van der Waals surface area contributed by atoms with E-state index in [1.165, 1.54) is 18.4 Å². The van der Waals surface area contributed by atoms with Gasteiger partial charge in [-0.25, -0.2) is 8.42 Å². The number of hydrogen-bond acceptors (Lipinski definition) is 6. The van der Waals surface area contributed by atoms with Crippen molar-refractivity contribution in [1.29, 1.82) is 0 Å². The quantitative estimate of drug-likeness (QED) is 0.481. The molecule has 1 aliphatic rings. The molecule has 0 aliphatic carbocycles. The minimum Gasteiger partial charge on any atom is -0.406 e. The van der Waals surface area contributed by atoms with E-state index in [4.69, 9.17) is 0 Å². The molecule has 3 aromatic rings. The number of hydrogen-bond donors (Lipinski definition) is 1. The Labute approximate surface area is 213 Å². The average molecular weight is 537 g/mol. The third-order valence-electron chi connectivity index (χ3n) is 6.17. The fourth-order valence-corrected chi connectivity index (χ4v) is 5.40. The van der Waals surface area contributed by atoms with Crippen molar-refractivity contribution >= 4 is 27.1 Å². The Kier molecular flexibility index (Phi) is 7.49. The van der Waals surface area contributed by atoms with E-state index in [-0.39, 0.29) is 16.7 Å². The van der Waals surface area contributed by atoms with E-state index in [0.29, 0.717) is 43.7 Å². The zero-order valence-electron chi connectivity index (χ0n) is 20.3. The molecule has 1 aliphatic heterocycles. The molecular formula is C25H27F3N4O4S. The van der Waals surface area contributed by atoms with E-state index in [1.54, 1.807) is 17.8 Å². The monoisotopic (exact) mass is 536 g/mol. The van der Waals surface area contributed by atoms with Gasteiger partial charge in [0, 0.05) is 42.5 Å². The minimum atomic E-state index is -4.79. The summed E-state index contributed by atoms with van der Waals surface area (Å²) in [6, 6.07) is 12.8. The second-order valence-electron chi connectivity index (χ2n) is 9.07. The van der Waals surface area contributed by atoms with Gasteiger partial charge in [0.1, 0.15) is 15.6 Å². The first-order chi connectivity index (χ1) is 17.4. The molecule has 0 saturated carbocycles. The number of piperidine rings is 1. The molecule has 0 atom stereocenters. The van der Waals surface area contributed by atoms with Gasteiger partial charge in [-0.15, -0.1) is 13.2 Å². The highest BCUT2D eigenvalue weighted by molar-refractivity contribution is 7.91. The fourth-order valence-electron chi connectivity index (χ4n) is 4.34. The molecule has 0 unspecified atom stereocenters. The highest BCUT2D eigenvalue weighted by Crippen LogP contribution is 2.26. The molecule has 1 saturated heterocycles. The van der Waals surface area contributed by atoms with Crippen molar-refractivity contribution in [2.75, 3.05) is 29.6 Å². The third-order valence-corrected chi connectivity index (χ3v) is 7.86. The van der Waals surface area contributed by atoms with Crippen molar-refractivity contribution in [3.63, 3.8) is 0 Å². The Bertz CT molecular complexity index is 1360. The van der Waals surface area contributed by atoms with Crippen molar-refractivity contribution < 1.29 is 31.1 Å². The molecule has 198 valence electrons. The number of nitrogens with zero attached hydrogens (tertiary/aromatic N) is 3. The number of alkyl halides is 3. The van der Waals surface area contributed by atoms with Crippen molar-refractivity contribution in [2.45, 2.75) is 37.9 Å². The number of nitrogens with one attached hydrogen (secondary N) is 1. The summed E-state index contributed by atoms with van der Waals surface area (Å²) in [6.45, 7) is 3.50. The van der Waals surface area contributed by atoms with Crippen LogP contribution in [0.3, 0.4) is 0 Å². The van der Waals surface area contributed by atoms with Gasteiger partial charge in [0.2, 0.25) is 0 Å². The van der Waals surface area contributed by atoms with E-state index in [9.17, 15) is 26.4 Å². The maximum absolute atomic E-state index is 12.7. The summed E-state index contributed by atoms with van der Waals surface area (Å²) in [6.07, 6.45) is -0.559. The minimum absolute atomic E-state index is 0.203. The zero-order valence-corrected chi connectivity index (χ0v) is 21.1. The molecule has 1 amide bonds. The molecule has 0 radical (unpaired) electrons. The van der Waals surface area contributed by atoms with E-state index in [2.05, 4.69) is 20.1 Å². The van der Waals surface area contributed by atoms with Crippen LogP contribution in [0.1, 0.15) is 34.5 Å². The molecule has 2 heterocycles. The van der Waals surface area contributed by atoms with Crippen LogP contribution in [0.5, 0.6) is 5.75 Å². The maximum atomic E-state index is 12.7. The molecule has 1 fully saturated rings. The average Bonchev–Trinajstić information content (AvgIpc) is 3.19. The molecule has 0 bridgehead atoms. The standard InChI is InChI=1S/C25H27F3N4O4S/c1-17-15-32(30-23(17)24(33)29-19-6-8-21(9-7-19)36-25(26,27)28)16-18-4-3-5-20(14-18)31-12-10-22(11-13-31)37(2,34)35/h3-9,14-15,22H,10-13,16H2,1-2H3,(H,29,33). The molecule has 12 heteroatoms. The van der Waals surface area contributed by atoms with Gasteiger partial charge in [-0.05, 0) is 61.7 Å². The summed E-state index contributed by atoms with van der Waals surface area (Å²) in [7, 11) is -3.04. The van der Waals surface area contributed by atoms with Crippen LogP contribution in [0.4, 0.5) is 24.5 Å². The van der Waals surface area contributed by atoms with Gasteiger partial charge >= 0.3 is 6.36 Å². The van der Waals surface area contributed by atoms with E-state index < -0.39 is 22.1 Å². The molecule has 37 heavy (non-hydrogen) atoms. The van der Waals surface area contributed by atoms with Crippen LogP contribution >= 0.6 is 0 Å². The number of carbonyl (C=O) groups is 1. The normalized spacial score (nSPS) is 15.0. The van der Waals surface area contributed by atoms with Crippen LogP contribution in [0.15, 0.2) is 54.7 Å². The highest BCUT2D eigenvalue weighted by Gasteiger charge is 2.31. The number of benzene rings is 2. The van der Waals surface area contributed by atoms with Crippen molar-refractivity contribution in [3.8, 4) is 5.75 Å². The van der Waals surface area contributed by atoms with Crippen molar-refractivity contribution in [2.24, 2.45) is 0 Å². The van der Waals surface area contributed by atoms with E-state index in [0.717, 1.165) is 23.4 Å². The van der Waals surface area contributed by atoms with Crippen LogP contribution < -0.4 is 15.0 Å². The first kappa shape index (κ1) is 26.5. The van der Waals surface area contributed by atoms with Crippen LogP contribution in [-0.4, -0.2) is 55.1 Å². The van der Waals surface area contributed by atoms with Gasteiger partial charge < -0.3 is 15.0 Å². The Hall–Kier alpha value is -3.54. The van der Waals surface area contributed by atoms with E-state index >= 15 is 0 Å².